The molecular formula is C31H39FN6O3. The number of aromatic nitrogens is 2. The molecule has 2 fully saturated rings. The second-order valence-electron chi connectivity index (χ2n) is 11.2. The maximum atomic E-state index is 13.9. The van der Waals surface area contributed by atoms with E-state index in [1.165, 1.54) is 0 Å². The molecule has 218 valence electrons. The van der Waals surface area contributed by atoms with Gasteiger partial charge in [0.15, 0.2) is 0 Å². The Kier molecular flexibility index (Phi) is 8.23. The lowest BCUT2D eigenvalue weighted by Gasteiger charge is -2.39. The summed E-state index contributed by atoms with van der Waals surface area (Å²) < 4.78 is 20.0. The van der Waals surface area contributed by atoms with E-state index in [0.29, 0.717) is 51.8 Å². The van der Waals surface area contributed by atoms with Crippen molar-refractivity contribution in [2.24, 2.45) is 0 Å². The average Bonchev–Trinajstić information content (AvgIpc) is 2.99. The molecule has 1 unspecified atom stereocenters. The van der Waals surface area contributed by atoms with Gasteiger partial charge in [-0.1, -0.05) is 30.8 Å². The van der Waals surface area contributed by atoms with E-state index in [1.54, 1.807) is 12.1 Å². The van der Waals surface area contributed by atoms with Crippen molar-refractivity contribution in [2.45, 2.75) is 38.2 Å². The van der Waals surface area contributed by atoms with Crippen molar-refractivity contribution in [3.63, 3.8) is 0 Å². The van der Waals surface area contributed by atoms with E-state index in [2.05, 4.69) is 27.3 Å². The molecule has 0 bridgehead atoms. The van der Waals surface area contributed by atoms with Gasteiger partial charge in [0, 0.05) is 68.5 Å². The molecule has 4 heterocycles. The number of anilines is 2. The van der Waals surface area contributed by atoms with Crippen LogP contribution >= 0.6 is 0 Å². The predicted molar refractivity (Wildman–Crippen MR) is 158 cm³/mol. The number of rotatable bonds is 8. The lowest BCUT2D eigenvalue weighted by atomic mass is 10.0. The zero-order valence-electron chi connectivity index (χ0n) is 23.5. The number of fused-ring (bicyclic) bond motifs is 2. The molecular weight excluding hydrogens is 523 g/mol. The van der Waals surface area contributed by atoms with Crippen molar-refractivity contribution in [2.75, 3.05) is 68.8 Å². The highest BCUT2D eigenvalue weighted by Crippen LogP contribution is 2.36. The van der Waals surface area contributed by atoms with Gasteiger partial charge < -0.3 is 24.7 Å². The third-order valence-corrected chi connectivity index (χ3v) is 8.47. The summed E-state index contributed by atoms with van der Waals surface area (Å²) in [4.78, 5) is 18.4. The van der Waals surface area contributed by atoms with Crippen LogP contribution in [0.3, 0.4) is 0 Å². The molecule has 3 aliphatic rings. The van der Waals surface area contributed by atoms with Crippen LogP contribution in [-0.4, -0.2) is 101 Å². The van der Waals surface area contributed by atoms with Crippen LogP contribution < -0.4 is 14.5 Å². The number of aliphatic hydroxyl groups is 1. The number of halogens is 1. The molecule has 0 saturated carbocycles. The fraction of sp³-hybridized carbons (Fsp3) is 0.484. The van der Waals surface area contributed by atoms with E-state index in [4.69, 9.17) is 14.7 Å². The average molecular weight is 563 g/mol. The van der Waals surface area contributed by atoms with Crippen LogP contribution in [0.25, 0.3) is 10.8 Å². The highest BCUT2D eigenvalue weighted by atomic mass is 19.1. The Bertz CT molecular complexity index is 1380. The fourth-order valence-corrected chi connectivity index (χ4v) is 6.27. The summed E-state index contributed by atoms with van der Waals surface area (Å²) in [6.45, 7) is 10.3. The van der Waals surface area contributed by atoms with Crippen LogP contribution in [0.15, 0.2) is 49.1 Å². The van der Waals surface area contributed by atoms with Gasteiger partial charge in [0.1, 0.15) is 30.6 Å². The van der Waals surface area contributed by atoms with Gasteiger partial charge in [-0.15, -0.1) is 0 Å². The second-order valence-corrected chi connectivity index (χ2v) is 11.2. The van der Waals surface area contributed by atoms with E-state index >= 15 is 0 Å². The third-order valence-electron chi connectivity index (χ3n) is 8.47. The number of aromatic hydroxyl groups is 1. The van der Waals surface area contributed by atoms with Crippen LogP contribution in [0, 0.1) is 0 Å². The Balaban J connectivity index is 1.26. The number of ether oxygens (including phenoxy) is 1. The van der Waals surface area contributed by atoms with Crippen LogP contribution in [0.4, 0.5) is 15.9 Å². The number of alkyl halides is 1. The van der Waals surface area contributed by atoms with E-state index in [1.807, 2.05) is 29.2 Å². The van der Waals surface area contributed by atoms with E-state index < -0.39 is 12.4 Å². The smallest absolute Gasteiger partial charge is 0.318 e. The van der Waals surface area contributed by atoms with Gasteiger partial charge in [-0.25, -0.2) is 4.39 Å². The molecule has 10 heteroatoms. The zero-order valence-corrected chi connectivity index (χ0v) is 23.5. The van der Waals surface area contributed by atoms with Crippen molar-refractivity contribution in [1.29, 1.82) is 0 Å². The normalized spacial score (nSPS) is 21.1. The van der Waals surface area contributed by atoms with E-state index in [0.717, 1.165) is 72.6 Å². The summed E-state index contributed by atoms with van der Waals surface area (Å²) in [5.41, 5.74) is 3.01. The number of aliphatic hydroxyl groups excluding tert-OH is 1. The molecule has 2 atom stereocenters. The Hall–Kier alpha value is -3.47. The monoisotopic (exact) mass is 562 g/mol. The summed E-state index contributed by atoms with van der Waals surface area (Å²) in [6.07, 6.45) is 2.40. The molecule has 0 aliphatic carbocycles. The lowest BCUT2D eigenvalue weighted by molar-refractivity contribution is 0.0379. The SMILES string of the molecule is C=CC(O)N1CCN(c2nc(OCCN3CCC[C@@H](F)C3)nc3c2CCN(c2cc(O)cc4ccccc24)C3)CC1. The number of piperazine rings is 1. The molecule has 0 amide bonds. The van der Waals surface area contributed by atoms with Gasteiger partial charge >= 0.3 is 6.01 Å². The van der Waals surface area contributed by atoms with Crippen molar-refractivity contribution >= 4 is 22.3 Å². The number of hydrogen-bond acceptors (Lipinski definition) is 9. The second kappa shape index (κ2) is 12.2. The number of phenolic OH excluding ortho intramolecular Hbond substituents is 1. The van der Waals surface area contributed by atoms with Crippen molar-refractivity contribution in [1.82, 2.24) is 19.8 Å². The third kappa shape index (κ3) is 6.10. The Labute approximate surface area is 240 Å². The van der Waals surface area contributed by atoms with Crippen molar-refractivity contribution in [3.05, 3.63) is 60.3 Å². The molecule has 3 aliphatic heterocycles. The molecule has 0 radical (unpaired) electrons. The Morgan fingerprint density at radius 1 is 1.07 bits per heavy atom. The Morgan fingerprint density at radius 2 is 1.90 bits per heavy atom. The van der Waals surface area contributed by atoms with E-state index in [-0.39, 0.29) is 5.75 Å². The Morgan fingerprint density at radius 3 is 2.71 bits per heavy atom. The number of likely N-dealkylation sites (tertiary alicyclic amines) is 1. The number of phenols is 1. The van der Waals surface area contributed by atoms with Gasteiger partial charge in [-0.2, -0.15) is 9.97 Å². The quantitative estimate of drug-likeness (QED) is 0.402. The van der Waals surface area contributed by atoms with E-state index in [9.17, 15) is 14.6 Å². The maximum absolute atomic E-state index is 13.9. The highest BCUT2D eigenvalue weighted by Gasteiger charge is 2.29. The zero-order chi connectivity index (χ0) is 28.3. The highest BCUT2D eigenvalue weighted by molar-refractivity contribution is 5.95. The van der Waals surface area contributed by atoms with Crippen molar-refractivity contribution in [3.8, 4) is 11.8 Å². The molecule has 2 saturated heterocycles. The van der Waals surface area contributed by atoms with Crippen LogP contribution in [0.2, 0.25) is 0 Å². The first kappa shape index (κ1) is 27.7. The first-order valence-corrected chi connectivity index (χ1v) is 14.6. The minimum atomic E-state index is -0.770. The molecule has 1 aromatic heterocycles. The van der Waals surface area contributed by atoms with Gasteiger partial charge in [0.25, 0.3) is 0 Å². The molecule has 2 aromatic carbocycles. The number of benzene rings is 2. The summed E-state index contributed by atoms with van der Waals surface area (Å²) >= 11 is 0. The number of hydrogen-bond donors (Lipinski definition) is 2. The first-order chi connectivity index (χ1) is 20.0. The van der Waals surface area contributed by atoms with Crippen LogP contribution in [-0.2, 0) is 13.0 Å². The van der Waals surface area contributed by atoms with Crippen LogP contribution in [0.1, 0.15) is 24.1 Å². The minimum absolute atomic E-state index is 0.240. The first-order valence-electron chi connectivity index (χ1n) is 14.6. The molecule has 6 rings (SSSR count). The summed E-state index contributed by atoms with van der Waals surface area (Å²) in [7, 11) is 0. The van der Waals surface area contributed by atoms with Gasteiger partial charge in [0.2, 0.25) is 0 Å². The largest absolute Gasteiger partial charge is 0.508 e. The van der Waals surface area contributed by atoms with Gasteiger partial charge in [-0.3, -0.25) is 9.80 Å². The predicted octanol–water partition coefficient (Wildman–Crippen LogP) is 3.34. The molecule has 41 heavy (non-hydrogen) atoms. The summed E-state index contributed by atoms with van der Waals surface area (Å²) in [6, 6.07) is 12.0. The van der Waals surface area contributed by atoms with Gasteiger partial charge in [0.05, 0.1) is 12.2 Å². The topological polar surface area (TPSA) is 88.4 Å². The molecule has 2 N–H and O–H groups in total. The standard InChI is InChI=1S/C31H39FN6O3/c1-2-29(40)36-12-14-37(15-13-36)30-26-9-11-38(28-19-24(39)18-22-6-3-4-8-25(22)28)21-27(26)33-31(34-30)41-17-16-35-10-5-7-23(32)20-35/h2-4,6,8,18-19,23,29,39-40H,1,5,7,9-17,20-21H2/t23-,29?/m1/s1. The number of piperidine rings is 1. The molecule has 3 aromatic rings. The lowest BCUT2D eigenvalue weighted by Crippen LogP contribution is -2.50. The summed E-state index contributed by atoms with van der Waals surface area (Å²) in [5.74, 6) is 1.13. The molecule has 9 nitrogen and oxygen atoms in total. The summed E-state index contributed by atoms with van der Waals surface area (Å²) in [5, 5.41) is 22.8. The van der Waals surface area contributed by atoms with Crippen LogP contribution in [0.5, 0.6) is 11.8 Å². The van der Waals surface area contributed by atoms with Crippen molar-refractivity contribution < 1.29 is 19.3 Å². The fourth-order valence-electron chi connectivity index (χ4n) is 6.27. The maximum Gasteiger partial charge on any atom is 0.318 e. The number of nitrogens with zero attached hydrogens (tertiary/aromatic N) is 6. The van der Waals surface area contributed by atoms with Gasteiger partial charge in [-0.05, 0) is 43.3 Å². The molecule has 0 spiro atoms. The minimum Gasteiger partial charge on any atom is -0.508 e.